The second kappa shape index (κ2) is 8.55. The van der Waals surface area contributed by atoms with E-state index in [9.17, 15) is 9.90 Å². The van der Waals surface area contributed by atoms with Gasteiger partial charge in [0.25, 0.3) is 0 Å². The Kier molecular flexibility index (Phi) is 7.04. The Morgan fingerprint density at radius 1 is 1.30 bits per heavy atom. The fourth-order valence-corrected chi connectivity index (χ4v) is 1.93. The molecule has 1 aromatic rings. The summed E-state index contributed by atoms with van der Waals surface area (Å²) < 4.78 is 5.33. The second-order valence-electron chi connectivity index (χ2n) is 4.61. The average Bonchev–Trinajstić information content (AvgIpc) is 2.44. The van der Waals surface area contributed by atoms with Crippen LogP contribution in [0.2, 0.25) is 0 Å². The summed E-state index contributed by atoms with van der Waals surface area (Å²) in [7, 11) is 0. The van der Waals surface area contributed by atoms with Crippen LogP contribution in [0.4, 0.5) is 0 Å². The molecule has 0 saturated carbocycles. The van der Waals surface area contributed by atoms with E-state index >= 15 is 0 Å². The molecule has 5 nitrogen and oxygen atoms in total. The maximum Gasteiger partial charge on any atom is 0.320 e. The molecule has 2 atom stereocenters. The van der Waals surface area contributed by atoms with Crippen LogP contribution in [0.3, 0.4) is 0 Å². The first kappa shape index (κ1) is 16.5. The Hall–Kier alpha value is -1.59. The van der Waals surface area contributed by atoms with Gasteiger partial charge in [-0.2, -0.15) is 0 Å². The van der Waals surface area contributed by atoms with Gasteiger partial charge in [-0.3, -0.25) is 4.79 Å². The Labute approximate surface area is 119 Å². The van der Waals surface area contributed by atoms with E-state index in [0.717, 1.165) is 17.7 Å². The molecule has 2 unspecified atom stereocenters. The van der Waals surface area contributed by atoms with E-state index in [2.05, 4.69) is 5.32 Å². The minimum absolute atomic E-state index is 0.213. The Morgan fingerprint density at radius 2 is 1.95 bits per heavy atom. The summed E-state index contributed by atoms with van der Waals surface area (Å²) in [6.45, 7) is 4.65. The summed E-state index contributed by atoms with van der Waals surface area (Å²) in [5.74, 6) is -0.128. The molecule has 0 amide bonds. The van der Waals surface area contributed by atoms with Crippen molar-refractivity contribution in [2.45, 2.75) is 38.8 Å². The number of hydrogen-bond donors (Lipinski definition) is 3. The van der Waals surface area contributed by atoms with Crippen LogP contribution in [0.5, 0.6) is 5.75 Å². The minimum atomic E-state index is -0.884. The van der Waals surface area contributed by atoms with Gasteiger partial charge >= 0.3 is 5.97 Å². The van der Waals surface area contributed by atoms with Gasteiger partial charge in [-0.15, -0.1) is 0 Å². The fraction of sp³-hybridized carbons (Fsp3) is 0.533. The van der Waals surface area contributed by atoms with Crippen molar-refractivity contribution in [3.63, 3.8) is 0 Å². The molecule has 0 aliphatic rings. The quantitative estimate of drug-likeness (QED) is 0.645. The van der Waals surface area contributed by atoms with Crippen molar-refractivity contribution in [1.29, 1.82) is 0 Å². The highest BCUT2D eigenvalue weighted by atomic mass is 16.5. The largest absolute Gasteiger partial charge is 0.494 e. The van der Waals surface area contributed by atoms with E-state index in [1.807, 2.05) is 13.8 Å². The number of carboxylic acid groups (broad SMARTS) is 1. The minimum Gasteiger partial charge on any atom is -0.494 e. The van der Waals surface area contributed by atoms with Crippen molar-refractivity contribution in [1.82, 2.24) is 5.32 Å². The lowest BCUT2D eigenvalue weighted by Crippen LogP contribution is -2.38. The fourth-order valence-electron chi connectivity index (χ4n) is 1.93. The Balaban J connectivity index is 2.52. The maximum atomic E-state index is 11.0. The van der Waals surface area contributed by atoms with E-state index in [4.69, 9.17) is 9.84 Å². The molecule has 0 aliphatic carbocycles. The number of nitrogens with one attached hydrogen (secondary N) is 1. The zero-order valence-electron chi connectivity index (χ0n) is 12.0. The topological polar surface area (TPSA) is 78.8 Å². The lowest BCUT2D eigenvalue weighted by atomic mass is 10.1. The molecule has 1 rings (SSSR count). The number of ether oxygens (including phenoxy) is 1. The Morgan fingerprint density at radius 3 is 2.45 bits per heavy atom. The number of aliphatic carboxylic acids is 1. The van der Waals surface area contributed by atoms with Crippen molar-refractivity contribution in [3.8, 4) is 5.75 Å². The smallest absolute Gasteiger partial charge is 0.320 e. The standard InChI is InChI=1S/C15H23NO4/c1-3-5-13(15(18)19)16-10-14(17)11-6-8-12(9-7-11)20-4-2/h6-9,13-14,16-17H,3-5,10H2,1-2H3,(H,18,19). The molecule has 0 spiro atoms. The molecule has 5 heteroatoms. The summed E-state index contributed by atoms with van der Waals surface area (Å²) in [5.41, 5.74) is 0.738. The number of hydrogen-bond acceptors (Lipinski definition) is 4. The highest BCUT2D eigenvalue weighted by molar-refractivity contribution is 5.73. The highest BCUT2D eigenvalue weighted by Gasteiger charge is 2.17. The third-order valence-corrected chi connectivity index (χ3v) is 3.01. The average molecular weight is 281 g/mol. The lowest BCUT2D eigenvalue weighted by molar-refractivity contribution is -0.139. The van der Waals surface area contributed by atoms with Gasteiger partial charge in [0.1, 0.15) is 11.8 Å². The molecule has 112 valence electrons. The molecule has 3 N–H and O–H groups in total. The monoisotopic (exact) mass is 281 g/mol. The number of carbonyl (C=O) groups is 1. The maximum absolute atomic E-state index is 11.0. The summed E-state index contributed by atoms with van der Waals surface area (Å²) in [5, 5.41) is 21.9. The summed E-state index contributed by atoms with van der Waals surface area (Å²) in [6, 6.07) is 6.54. The summed E-state index contributed by atoms with van der Waals surface area (Å²) >= 11 is 0. The van der Waals surface area contributed by atoms with Crippen LogP contribution in [0.25, 0.3) is 0 Å². The number of carboxylic acids is 1. The summed E-state index contributed by atoms with van der Waals surface area (Å²) in [6.07, 6.45) is 0.596. The number of rotatable bonds is 9. The van der Waals surface area contributed by atoms with Gasteiger partial charge in [-0.25, -0.2) is 0 Å². The van der Waals surface area contributed by atoms with E-state index in [1.54, 1.807) is 24.3 Å². The van der Waals surface area contributed by atoms with Gasteiger partial charge in [0.05, 0.1) is 12.7 Å². The SMILES string of the molecule is CCCC(NCC(O)c1ccc(OCC)cc1)C(=O)O. The third kappa shape index (κ3) is 5.19. The molecule has 0 bridgehead atoms. The Bertz CT molecular complexity index is 405. The van der Waals surface area contributed by atoms with Crippen LogP contribution < -0.4 is 10.1 Å². The molecular formula is C15H23NO4. The molecule has 0 heterocycles. The normalized spacial score (nSPS) is 13.8. The van der Waals surface area contributed by atoms with Crippen LogP contribution in [-0.4, -0.2) is 35.4 Å². The van der Waals surface area contributed by atoms with E-state index in [-0.39, 0.29) is 6.54 Å². The first-order valence-electron chi connectivity index (χ1n) is 6.95. The molecule has 0 radical (unpaired) electrons. The van der Waals surface area contributed by atoms with Gasteiger partial charge in [0.15, 0.2) is 0 Å². The number of aliphatic hydroxyl groups excluding tert-OH is 1. The first-order chi connectivity index (χ1) is 9.58. The molecule has 0 saturated heterocycles. The zero-order valence-corrected chi connectivity index (χ0v) is 12.0. The van der Waals surface area contributed by atoms with Crippen molar-refractivity contribution in [2.24, 2.45) is 0 Å². The van der Waals surface area contributed by atoms with E-state index in [1.165, 1.54) is 0 Å². The van der Waals surface area contributed by atoms with Crippen LogP contribution in [0.15, 0.2) is 24.3 Å². The van der Waals surface area contributed by atoms with Crippen LogP contribution in [0, 0.1) is 0 Å². The van der Waals surface area contributed by atoms with Gasteiger partial charge in [0.2, 0.25) is 0 Å². The lowest BCUT2D eigenvalue weighted by Gasteiger charge is -2.17. The second-order valence-corrected chi connectivity index (χ2v) is 4.61. The van der Waals surface area contributed by atoms with E-state index in [0.29, 0.717) is 13.0 Å². The third-order valence-electron chi connectivity index (χ3n) is 3.01. The molecule has 0 aliphatic heterocycles. The van der Waals surface area contributed by atoms with Crippen LogP contribution in [-0.2, 0) is 4.79 Å². The number of benzene rings is 1. The predicted molar refractivity (Wildman–Crippen MR) is 76.9 cm³/mol. The van der Waals surface area contributed by atoms with Gasteiger partial charge in [-0.05, 0) is 31.0 Å². The highest BCUT2D eigenvalue weighted by Crippen LogP contribution is 2.17. The number of aliphatic hydroxyl groups is 1. The van der Waals surface area contributed by atoms with Gasteiger partial charge in [-0.1, -0.05) is 25.5 Å². The van der Waals surface area contributed by atoms with Gasteiger partial charge in [0, 0.05) is 6.54 Å². The molecule has 20 heavy (non-hydrogen) atoms. The molecular weight excluding hydrogens is 258 g/mol. The van der Waals surface area contributed by atoms with Crippen molar-refractivity contribution < 1.29 is 19.7 Å². The molecule has 0 aromatic heterocycles. The zero-order chi connectivity index (χ0) is 15.0. The van der Waals surface area contributed by atoms with Crippen molar-refractivity contribution in [3.05, 3.63) is 29.8 Å². The molecule has 1 aromatic carbocycles. The predicted octanol–water partition coefficient (Wildman–Crippen LogP) is 1.96. The summed E-state index contributed by atoms with van der Waals surface area (Å²) in [4.78, 5) is 11.0. The molecule has 0 fully saturated rings. The first-order valence-corrected chi connectivity index (χ1v) is 6.95. The van der Waals surface area contributed by atoms with E-state index < -0.39 is 18.1 Å². The van der Waals surface area contributed by atoms with Crippen molar-refractivity contribution in [2.75, 3.05) is 13.2 Å². The van der Waals surface area contributed by atoms with Crippen molar-refractivity contribution >= 4 is 5.97 Å². The van der Waals surface area contributed by atoms with Crippen LogP contribution >= 0.6 is 0 Å². The van der Waals surface area contributed by atoms with Crippen LogP contribution in [0.1, 0.15) is 38.4 Å². The van der Waals surface area contributed by atoms with Gasteiger partial charge < -0.3 is 20.3 Å².